The number of rotatable bonds is 10. The van der Waals surface area contributed by atoms with Crippen molar-refractivity contribution in [3.05, 3.63) is 40.4 Å². The molecule has 11 heteroatoms. The largest absolute Gasteiger partial charge is 0.490 e. The highest BCUT2D eigenvalue weighted by Crippen LogP contribution is 2.31. The summed E-state index contributed by atoms with van der Waals surface area (Å²) in [5.74, 6) is -1.99. The molecule has 2 amide bonds. The van der Waals surface area contributed by atoms with Crippen LogP contribution in [-0.2, 0) is 9.59 Å². The van der Waals surface area contributed by atoms with Crippen molar-refractivity contribution in [2.24, 2.45) is 0 Å². The van der Waals surface area contributed by atoms with E-state index in [-0.39, 0.29) is 12.1 Å². The van der Waals surface area contributed by atoms with Gasteiger partial charge in [-0.2, -0.15) is 0 Å². The van der Waals surface area contributed by atoms with Crippen molar-refractivity contribution in [2.75, 3.05) is 40.3 Å². The average molecular weight is 478 g/mol. The number of nitrogens with one attached hydrogen (secondary N) is 1. The van der Waals surface area contributed by atoms with Gasteiger partial charge >= 0.3 is 18.0 Å². The Bertz CT molecular complexity index is 740. The van der Waals surface area contributed by atoms with E-state index in [2.05, 4.69) is 5.32 Å². The maximum atomic E-state index is 12.2. The van der Waals surface area contributed by atoms with Crippen LogP contribution in [0.2, 0.25) is 10.0 Å². The van der Waals surface area contributed by atoms with Gasteiger partial charge in [-0.25, -0.2) is 14.4 Å². The quantitative estimate of drug-likeness (QED) is 0.442. The summed E-state index contributed by atoms with van der Waals surface area (Å²) < 4.78 is 5.64. The van der Waals surface area contributed by atoms with E-state index in [1.165, 1.54) is 0 Å². The molecule has 0 bridgehead atoms. The Morgan fingerprint density at radius 3 is 2.16 bits per heavy atom. The van der Waals surface area contributed by atoms with Crippen LogP contribution in [0.15, 0.2) is 30.4 Å². The van der Waals surface area contributed by atoms with Crippen LogP contribution in [-0.4, -0.2) is 84.4 Å². The van der Waals surface area contributed by atoms with Crippen LogP contribution in [0.25, 0.3) is 0 Å². The molecule has 0 atom stereocenters. The fraction of sp³-hybridized carbons (Fsp3) is 0.450. The molecule has 0 radical (unpaired) electrons. The first-order valence-electron chi connectivity index (χ1n) is 9.35. The second-order valence-electron chi connectivity index (χ2n) is 6.73. The topological polar surface area (TPSA) is 119 Å². The van der Waals surface area contributed by atoms with Crippen LogP contribution in [0.4, 0.5) is 4.79 Å². The minimum Gasteiger partial charge on any atom is -0.490 e. The van der Waals surface area contributed by atoms with E-state index in [4.69, 9.17) is 38.2 Å². The van der Waals surface area contributed by atoms with Gasteiger partial charge in [-0.15, -0.1) is 0 Å². The average Bonchev–Trinajstić information content (AvgIpc) is 2.66. The molecule has 0 saturated heterocycles. The van der Waals surface area contributed by atoms with Crippen LogP contribution in [0.1, 0.15) is 13.8 Å². The number of likely N-dealkylation sites (N-methyl/N-ethyl adjacent to an activating group) is 1. The first kappa shape index (κ1) is 28.5. The smallest absolute Gasteiger partial charge is 0.328 e. The number of carboxylic acids is 2. The Hall–Kier alpha value is -2.49. The lowest BCUT2D eigenvalue weighted by Crippen LogP contribution is -2.47. The van der Waals surface area contributed by atoms with Crippen molar-refractivity contribution in [2.45, 2.75) is 19.9 Å². The van der Waals surface area contributed by atoms with E-state index in [1.54, 1.807) is 23.1 Å². The normalized spacial score (nSPS) is 10.6. The summed E-state index contributed by atoms with van der Waals surface area (Å²) >= 11 is 12.0. The van der Waals surface area contributed by atoms with Crippen LogP contribution < -0.4 is 10.1 Å². The molecule has 9 nitrogen and oxygen atoms in total. The number of carbonyl (C=O) groups excluding carboxylic acids is 1. The highest BCUT2D eigenvalue weighted by Gasteiger charge is 2.16. The van der Waals surface area contributed by atoms with E-state index in [9.17, 15) is 14.4 Å². The molecular weight excluding hydrogens is 449 g/mol. The predicted octanol–water partition coefficient (Wildman–Crippen LogP) is 3.07. The molecule has 174 valence electrons. The third kappa shape index (κ3) is 13.4. The van der Waals surface area contributed by atoms with Gasteiger partial charge in [-0.1, -0.05) is 29.3 Å². The third-order valence-electron chi connectivity index (χ3n) is 3.59. The van der Waals surface area contributed by atoms with Gasteiger partial charge in [0.05, 0.1) is 11.6 Å². The highest BCUT2D eigenvalue weighted by molar-refractivity contribution is 6.42. The summed E-state index contributed by atoms with van der Waals surface area (Å²) in [5, 5.41) is 19.4. The minimum absolute atomic E-state index is 0.0767. The molecule has 0 aromatic heterocycles. The molecule has 31 heavy (non-hydrogen) atoms. The van der Waals surface area contributed by atoms with Gasteiger partial charge in [-0.3, -0.25) is 0 Å². The summed E-state index contributed by atoms with van der Waals surface area (Å²) in [5.41, 5.74) is 0. The summed E-state index contributed by atoms with van der Waals surface area (Å²) in [6.07, 6.45) is 1.12. The Morgan fingerprint density at radius 1 is 1.10 bits per heavy atom. The maximum Gasteiger partial charge on any atom is 0.328 e. The second kappa shape index (κ2) is 15.3. The second-order valence-corrected chi connectivity index (χ2v) is 7.52. The van der Waals surface area contributed by atoms with E-state index < -0.39 is 11.9 Å². The Balaban J connectivity index is 0.000000954. The molecule has 0 spiro atoms. The number of carbonyl (C=O) groups is 3. The number of hydrogen-bond donors (Lipinski definition) is 3. The van der Waals surface area contributed by atoms with Crippen molar-refractivity contribution in [3.8, 4) is 5.75 Å². The number of halogens is 2. The Kier molecular flexibility index (Phi) is 14.1. The van der Waals surface area contributed by atoms with Gasteiger partial charge in [0.1, 0.15) is 17.4 Å². The number of urea groups is 1. The first-order valence-corrected chi connectivity index (χ1v) is 10.1. The predicted molar refractivity (Wildman–Crippen MR) is 120 cm³/mol. The van der Waals surface area contributed by atoms with Crippen molar-refractivity contribution in [1.82, 2.24) is 15.1 Å². The van der Waals surface area contributed by atoms with Gasteiger partial charge in [0.15, 0.2) is 0 Å². The molecule has 0 heterocycles. The number of carboxylic acid groups (broad SMARTS) is 2. The lowest BCUT2D eigenvalue weighted by Gasteiger charge is -2.27. The number of aliphatic carboxylic acids is 2. The van der Waals surface area contributed by atoms with E-state index in [0.717, 1.165) is 6.54 Å². The molecule has 0 saturated carbocycles. The molecule has 0 aliphatic carbocycles. The van der Waals surface area contributed by atoms with Crippen molar-refractivity contribution in [3.63, 3.8) is 0 Å². The van der Waals surface area contributed by atoms with E-state index in [1.807, 2.05) is 32.8 Å². The number of amides is 2. The zero-order valence-corrected chi connectivity index (χ0v) is 19.5. The number of nitrogens with zero attached hydrogens (tertiary/aromatic N) is 2. The van der Waals surface area contributed by atoms with Crippen LogP contribution in [0.5, 0.6) is 5.75 Å². The fourth-order valence-corrected chi connectivity index (χ4v) is 2.42. The summed E-state index contributed by atoms with van der Waals surface area (Å²) in [6.45, 7) is 6.16. The molecular formula is C20H29Cl2N3O6. The van der Waals surface area contributed by atoms with Crippen molar-refractivity contribution < 1.29 is 29.3 Å². The fourth-order valence-electron chi connectivity index (χ4n) is 2.07. The number of ether oxygens (including phenoxy) is 1. The minimum atomic E-state index is -1.26. The van der Waals surface area contributed by atoms with Crippen LogP contribution >= 0.6 is 23.2 Å². The summed E-state index contributed by atoms with van der Waals surface area (Å²) in [4.78, 5) is 35.1. The lowest BCUT2D eigenvalue weighted by atomic mass is 10.3. The van der Waals surface area contributed by atoms with Gasteiger partial charge in [-0.05, 0) is 40.1 Å². The highest BCUT2D eigenvalue weighted by atomic mass is 35.5. The van der Waals surface area contributed by atoms with Crippen molar-refractivity contribution >= 4 is 41.2 Å². The van der Waals surface area contributed by atoms with Crippen LogP contribution in [0.3, 0.4) is 0 Å². The molecule has 0 fully saturated rings. The first-order chi connectivity index (χ1) is 14.5. The lowest BCUT2D eigenvalue weighted by molar-refractivity contribution is -0.134. The molecule has 1 rings (SSSR count). The molecule has 0 aliphatic rings. The third-order valence-corrected chi connectivity index (χ3v) is 4.40. The molecule has 1 aromatic carbocycles. The standard InChI is InChI=1S/C16H25Cl2N3O2.C4H4O4/c1-12(2)21(16(22)19-8-9-20(3)4)10-11-23-14-7-5-6-13(17)15(14)18;5-3(6)1-2-4(7)8/h5-7,12H,8-11H2,1-4H3,(H,19,22);1-2H,(H,5,6)(H,7,8). The van der Waals surface area contributed by atoms with Gasteiger partial charge in [0, 0.05) is 31.3 Å². The van der Waals surface area contributed by atoms with Crippen molar-refractivity contribution in [1.29, 1.82) is 0 Å². The zero-order valence-electron chi connectivity index (χ0n) is 18.0. The SMILES string of the molecule is CC(C)N(CCOc1cccc(Cl)c1Cl)C(=O)NCCN(C)C.O=C(O)C=CC(=O)O. The van der Waals surface area contributed by atoms with E-state index >= 15 is 0 Å². The monoisotopic (exact) mass is 477 g/mol. The van der Waals surface area contributed by atoms with Gasteiger partial charge in [0.2, 0.25) is 0 Å². The zero-order chi connectivity index (χ0) is 24.0. The maximum absolute atomic E-state index is 12.2. The Labute approximate surface area is 192 Å². The molecule has 0 unspecified atom stereocenters. The molecule has 0 aliphatic heterocycles. The van der Waals surface area contributed by atoms with Crippen LogP contribution in [0, 0.1) is 0 Å². The number of hydrogen-bond acceptors (Lipinski definition) is 5. The Morgan fingerprint density at radius 2 is 1.68 bits per heavy atom. The molecule has 1 aromatic rings. The summed E-state index contributed by atoms with van der Waals surface area (Å²) in [6, 6.07) is 5.22. The number of benzene rings is 1. The van der Waals surface area contributed by atoms with E-state index in [0.29, 0.717) is 47.6 Å². The van der Waals surface area contributed by atoms with Gasteiger partial charge in [0.25, 0.3) is 0 Å². The molecule has 3 N–H and O–H groups in total. The summed E-state index contributed by atoms with van der Waals surface area (Å²) in [7, 11) is 3.93. The van der Waals surface area contributed by atoms with Gasteiger partial charge < -0.3 is 30.1 Å².